The minimum absolute atomic E-state index is 0. The number of carbonyl (C=O) groups excluding carboxylic acids is 1. The Labute approximate surface area is 183 Å². The third-order valence-electron chi connectivity index (χ3n) is 4.66. The molecule has 0 fully saturated rings. The third-order valence-corrected chi connectivity index (χ3v) is 5.17. The highest BCUT2D eigenvalue weighted by Crippen LogP contribution is 2.10. The summed E-state index contributed by atoms with van der Waals surface area (Å²) in [5, 5.41) is 0. The van der Waals surface area contributed by atoms with Crippen LogP contribution in [0.2, 0.25) is 0 Å². The lowest BCUT2D eigenvalue weighted by molar-refractivity contribution is -0.888. The number of nitrogens with zero attached hydrogens (tertiary/aromatic N) is 2. The molecule has 9 heteroatoms. The number of nitrogens with one attached hydrogen (secondary N) is 1. The van der Waals surface area contributed by atoms with Gasteiger partial charge in [0.15, 0.2) is 0 Å². The molecule has 0 rings (SSSR count). The molecule has 0 bridgehead atoms. The summed E-state index contributed by atoms with van der Waals surface area (Å²) >= 11 is 5.67. The molecular weight excluding hydrogens is 405 g/mol. The fraction of sp³-hybridized carbons (Fsp3) is 0.947. The monoisotopic (exact) mass is 445 g/mol. The highest BCUT2D eigenvalue weighted by Gasteiger charge is 2.18. The number of ether oxygens (including phenoxy) is 3. The molecule has 1 N–H and O–H groups in total. The van der Waals surface area contributed by atoms with Crippen molar-refractivity contribution >= 4 is 17.7 Å². The van der Waals surface area contributed by atoms with Crippen molar-refractivity contribution in [3.05, 3.63) is 0 Å². The van der Waals surface area contributed by atoms with E-state index in [1.54, 1.807) is 11.9 Å². The minimum Gasteiger partial charge on any atom is -1.00 e. The molecule has 1 amide bonds. The first-order valence-corrected chi connectivity index (χ1v) is 10.2. The molecular formula is C19H41Cl2N3O4. The first-order valence-electron chi connectivity index (χ1n) is 9.80. The lowest BCUT2D eigenvalue weighted by Gasteiger charge is -2.27. The zero-order valence-electron chi connectivity index (χ0n) is 18.6. The number of hydrogen-bond acceptors (Lipinski definition) is 5. The molecule has 7 nitrogen and oxygen atoms in total. The van der Waals surface area contributed by atoms with Crippen LogP contribution in [0.1, 0.15) is 33.6 Å². The zero-order valence-corrected chi connectivity index (χ0v) is 20.1. The van der Waals surface area contributed by atoms with E-state index in [-0.39, 0.29) is 23.9 Å². The predicted octanol–water partition coefficient (Wildman–Crippen LogP) is -1.10. The van der Waals surface area contributed by atoms with Crippen molar-refractivity contribution in [1.29, 1.82) is 0 Å². The summed E-state index contributed by atoms with van der Waals surface area (Å²) < 4.78 is 17.5. The summed E-state index contributed by atoms with van der Waals surface area (Å²) in [5.41, 5.74) is -0.195. The molecule has 0 spiro atoms. The van der Waals surface area contributed by atoms with Crippen LogP contribution in [-0.2, 0) is 19.0 Å². The van der Waals surface area contributed by atoms with E-state index in [9.17, 15) is 4.79 Å². The smallest absolute Gasteiger partial charge is 0.224 e. The summed E-state index contributed by atoms with van der Waals surface area (Å²) in [4.78, 5) is 16.5. The number of halogens is 2. The van der Waals surface area contributed by atoms with Crippen LogP contribution in [0, 0.1) is 0 Å². The Kier molecular flexibility index (Phi) is 17.8. The van der Waals surface area contributed by atoms with Crippen molar-refractivity contribution in [3.8, 4) is 0 Å². The van der Waals surface area contributed by atoms with Crippen LogP contribution in [0.5, 0.6) is 0 Å². The molecule has 28 heavy (non-hydrogen) atoms. The third kappa shape index (κ3) is 16.8. The van der Waals surface area contributed by atoms with Gasteiger partial charge in [-0.15, -0.1) is 0 Å². The number of quaternary nitrogens is 1. The molecule has 170 valence electrons. The van der Waals surface area contributed by atoms with Gasteiger partial charge >= 0.3 is 0 Å². The number of hydrogen-bond donors (Lipinski definition) is 1. The molecule has 0 unspecified atom stereocenters. The van der Waals surface area contributed by atoms with Gasteiger partial charge in [-0.2, -0.15) is 0 Å². The molecule has 0 aliphatic carbocycles. The highest BCUT2D eigenvalue weighted by molar-refractivity contribution is 6.13. The SMILES string of the molecule is CC[N+](C)(C)CCOCCOCCOCCC(=O)N(C)CCC(C)(C)NCl.[Cl-]. The summed E-state index contributed by atoms with van der Waals surface area (Å²) in [6.45, 7) is 12.2. The Morgan fingerprint density at radius 3 is 2.04 bits per heavy atom. The Hall–Kier alpha value is -0.150. The van der Waals surface area contributed by atoms with Crippen molar-refractivity contribution in [2.24, 2.45) is 0 Å². The van der Waals surface area contributed by atoms with Crippen molar-refractivity contribution in [2.45, 2.75) is 39.2 Å². The van der Waals surface area contributed by atoms with Gasteiger partial charge in [-0.25, -0.2) is 4.84 Å². The van der Waals surface area contributed by atoms with Gasteiger partial charge in [-0.1, -0.05) is 0 Å². The number of rotatable bonds is 17. The zero-order chi connectivity index (χ0) is 20.8. The Morgan fingerprint density at radius 2 is 1.54 bits per heavy atom. The molecule has 0 radical (unpaired) electrons. The van der Waals surface area contributed by atoms with Gasteiger partial charge in [0.25, 0.3) is 0 Å². The molecule has 0 aliphatic heterocycles. The van der Waals surface area contributed by atoms with E-state index >= 15 is 0 Å². The topological polar surface area (TPSA) is 60.0 Å². The van der Waals surface area contributed by atoms with Crippen molar-refractivity contribution < 1.29 is 35.9 Å². The van der Waals surface area contributed by atoms with Gasteiger partial charge in [-0.3, -0.25) is 4.79 Å². The van der Waals surface area contributed by atoms with E-state index in [4.69, 9.17) is 26.0 Å². The van der Waals surface area contributed by atoms with Gasteiger partial charge in [0.1, 0.15) is 6.54 Å². The number of amides is 1. The average Bonchev–Trinajstić information content (AvgIpc) is 2.63. The second-order valence-corrected chi connectivity index (χ2v) is 8.30. The average molecular weight is 446 g/mol. The van der Waals surface area contributed by atoms with E-state index in [1.807, 2.05) is 13.8 Å². The lowest BCUT2D eigenvalue weighted by atomic mass is 10.0. The second kappa shape index (κ2) is 16.6. The molecule has 0 saturated heterocycles. The van der Waals surface area contributed by atoms with Gasteiger partial charge in [0.05, 0.1) is 66.7 Å². The van der Waals surface area contributed by atoms with Crippen LogP contribution in [0.4, 0.5) is 0 Å². The number of carbonyl (C=O) groups is 1. The quantitative estimate of drug-likeness (QED) is 0.175. The van der Waals surface area contributed by atoms with Gasteiger partial charge < -0.3 is 36.0 Å². The van der Waals surface area contributed by atoms with Crippen LogP contribution in [0.25, 0.3) is 0 Å². The molecule has 0 heterocycles. The molecule has 0 atom stereocenters. The summed E-state index contributed by atoms with van der Waals surface area (Å²) in [7, 11) is 6.19. The predicted molar refractivity (Wildman–Crippen MR) is 110 cm³/mol. The van der Waals surface area contributed by atoms with Crippen LogP contribution in [-0.4, -0.2) is 101 Å². The normalized spacial score (nSPS) is 12.0. The van der Waals surface area contributed by atoms with E-state index in [0.717, 1.165) is 30.6 Å². The van der Waals surface area contributed by atoms with Crippen molar-refractivity contribution in [1.82, 2.24) is 9.74 Å². The van der Waals surface area contributed by atoms with Crippen LogP contribution in [0.15, 0.2) is 0 Å². The van der Waals surface area contributed by atoms with Crippen molar-refractivity contribution in [3.63, 3.8) is 0 Å². The first kappa shape index (κ1) is 30.0. The first-order chi connectivity index (χ1) is 12.6. The van der Waals surface area contributed by atoms with E-state index < -0.39 is 0 Å². The molecule has 0 aliphatic rings. The minimum atomic E-state index is -0.195. The molecule has 0 saturated carbocycles. The second-order valence-electron chi connectivity index (χ2n) is 8.11. The largest absolute Gasteiger partial charge is 1.00 e. The van der Waals surface area contributed by atoms with Gasteiger partial charge in [-0.05, 0) is 39.0 Å². The maximum Gasteiger partial charge on any atom is 0.224 e. The van der Waals surface area contributed by atoms with Crippen LogP contribution < -0.4 is 17.2 Å². The Morgan fingerprint density at radius 1 is 1.04 bits per heavy atom. The van der Waals surface area contributed by atoms with Crippen LogP contribution in [0.3, 0.4) is 0 Å². The maximum atomic E-state index is 12.0. The van der Waals surface area contributed by atoms with Gasteiger partial charge in [0, 0.05) is 19.1 Å². The Bertz CT molecular complexity index is 399. The van der Waals surface area contributed by atoms with E-state index in [0.29, 0.717) is 46.0 Å². The Balaban J connectivity index is 0. The van der Waals surface area contributed by atoms with E-state index in [2.05, 4.69) is 25.9 Å². The van der Waals surface area contributed by atoms with E-state index in [1.165, 1.54) is 0 Å². The fourth-order valence-corrected chi connectivity index (χ4v) is 2.08. The summed E-state index contributed by atoms with van der Waals surface area (Å²) in [6.07, 6.45) is 1.16. The number of likely N-dealkylation sites (N-methyl/N-ethyl adjacent to an activating group) is 1. The van der Waals surface area contributed by atoms with Gasteiger partial charge in [0.2, 0.25) is 5.91 Å². The molecule has 0 aromatic rings. The standard InChI is InChI=1S/C19H41ClN3O4.ClH/c1-7-23(5,6)11-13-26-15-17-27-16-14-25-12-8-18(24)22(4)10-9-19(2,3)21-20;/h21H,7-17H2,1-6H3;1H/q+1;/p-1. The van der Waals surface area contributed by atoms with Crippen molar-refractivity contribution in [2.75, 3.05) is 80.4 Å². The molecule has 0 aromatic carbocycles. The summed E-state index contributed by atoms with van der Waals surface area (Å²) in [6, 6.07) is 0. The van der Waals surface area contributed by atoms with Crippen LogP contribution >= 0.6 is 11.8 Å². The lowest BCUT2D eigenvalue weighted by Crippen LogP contribution is -3.00. The fourth-order valence-electron chi connectivity index (χ4n) is 1.98. The summed E-state index contributed by atoms with van der Waals surface area (Å²) in [5.74, 6) is 0.0723. The molecule has 0 aromatic heterocycles. The maximum absolute atomic E-state index is 12.0. The highest BCUT2D eigenvalue weighted by atomic mass is 35.5.